The van der Waals surface area contributed by atoms with Gasteiger partial charge in [0.25, 0.3) is 10.0 Å². The highest BCUT2D eigenvalue weighted by Gasteiger charge is 2.35. The minimum absolute atomic E-state index is 0.162. The molecule has 0 aliphatic carbocycles. The molecule has 0 amide bonds. The third-order valence-electron chi connectivity index (χ3n) is 3.94. The van der Waals surface area contributed by atoms with Gasteiger partial charge in [0.05, 0.1) is 10.7 Å². The second-order valence-electron chi connectivity index (χ2n) is 5.54. The molecular formula is C16H14ClF2NO2S. The number of hydrogen-bond acceptors (Lipinski definition) is 2. The van der Waals surface area contributed by atoms with Gasteiger partial charge in [-0.05, 0) is 61.7 Å². The number of halogens is 3. The summed E-state index contributed by atoms with van der Waals surface area (Å²) in [5.41, 5.74) is 1.07. The summed E-state index contributed by atoms with van der Waals surface area (Å²) in [7, 11) is -3.97. The van der Waals surface area contributed by atoms with E-state index in [1.54, 1.807) is 6.92 Å². The lowest BCUT2D eigenvalue weighted by Gasteiger charge is -2.36. The molecule has 1 unspecified atom stereocenters. The van der Waals surface area contributed by atoms with Crippen LogP contribution in [0.25, 0.3) is 0 Å². The SMILES string of the molecule is CC1CCc2cc(F)ccc2N1S(=O)(=O)c1ccc(F)cc1Cl. The predicted molar refractivity (Wildman–Crippen MR) is 85.3 cm³/mol. The zero-order chi connectivity index (χ0) is 16.8. The first kappa shape index (κ1) is 16.2. The number of rotatable bonds is 2. The van der Waals surface area contributed by atoms with E-state index in [-0.39, 0.29) is 16.0 Å². The maximum atomic E-state index is 13.4. The summed E-state index contributed by atoms with van der Waals surface area (Å²) in [4.78, 5) is -0.162. The van der Waals surface area contributed by atoms with Crippen molar-refractivity contribution in [2.24, 2.45) is 0 Å². The average molecular weight is 358 g/mol. The summed E-state index contributed by atoms with van der Waals surface area (Å²) in [5, 5.41) is -0.175. The Morgan fingerprint density at radius 1 is 1.13 bits per heavy atom. The molecule has 3 rings (SSSR count). The van der Waals surface area contributed by atoms with Gasteiger partial charge in [-0.2, -0.15) is 0 Å². The van der Waals surface area contributed by atoms with Gasteiger partial charge in [-0.25, -0.2) is 17.2 Å². The van der Waals surface area contributed by atoms with Crippen LogP contribution in [0.2, 0.25) is 5.02 Å². The number of anilines is 1. The highest BCUT2D eigenvalue weighted by Crippen LogP contribution is 2.37. The Morgan fingerprint density at radius 3 is 2.48 bits per heavy atom. The van der Waals surface area contributed by atoms with Crippen molar-refractivity contribution in [2.45, 2.75) is 30.7 Å². The smallest absolute Gasteiger partial charge is 0.263 e. The summed E-state index contributed by atoms with van der Waals surface area (Å²) < 4.78 is 53.9. The lowest BCUT2D eigenvalue weighted by Crippen LogP contribution is -2.42. The van der Waals surface area contributed by atoms with Crippen LogP contribution in [-0.2, 0) is 16.4 Å². The molecule has 2 aromatic carbocycles. The molecule has 23 heavy (non-hydrogen) atoms. The summed E-state index contributed by atoms with van der Waals surface area (Å²) in [6.45, 7) is 1.78. The molecule has 0 fully saturated rings. The molecule has 0 bridgehead atoms. The normalized spacial score (nSPS) is 17.9. The second kappa shape index (κ2) is 5.76. The van der Waals surface area contributed by atoms with Crippen molar-refractivity contribution in [2.75, 3.05) is 4.31 Å². The molecule has 0 saturated carbocycles. The van der Waals surface area contributed by atoms with E-state index in [2.05, 4.69) is 0 Å². The minimum Gasteiger partial charge on any atom is -0.263 e. The summed E-state index contributed by atoms with van der Waals surface area (Å²) in [6, 6.07) is 6.89. The van der Waals surface area contributed by atoms with Crippen LogP contribution >= 0.6 is 11.6 Å². The Balaban J connectivity index is 2.16. The lowest BCUT2D eigenvalue weighted by molar-refractivity contribution is 0.559. The number of nitrogens with zero attached hydrogens (tertiary/aromatic N) is 1. The van der Waals surface area contributed by atoms with Gasteiger partial charge in [-0.15, -0.1) is 0 Å². The molecule has 0 aromatic heterocycles. The van der Waals surface area contributed by atoms with Crippen molar-refractivity contribution in [3.8, 4) is 0 Å². The number of fused-ring (bicyclic) bond motifs is 1. The number of sulfonamides is 1. The van der Waals surface area contributed by atoms with E-state index in [0.29, 0.717) is 24.1 Å². The van der Waals surface area contributed by atoms with Gasteiger partial charge in [-0.3, -0.25) is 4.31 Å². The largest absolute Gasteiger partial charge is 0.266 e. The molecule has 0 N–H and O–H groups in total. The molecule has 0 spiro atoms. The number of benzene rings is 2. The first-order valence-electron chi connectivity index (χ1n) is 7.08. The highest BCUT2D eigenvalue weighted by atomic mass is 35.5. The molecule has 3 nitrogen and oxygen atoms in total. The van der Waals surface area contributed by atoms with Crippen molar-refractivity contribution in [1.29, 1.82) is 0 Å². The molecule has 122 valence electrons. The van der Waals surface area contributed by atoms with Gasteiger partial charge >= 0.3 is 0 Å². The Labute approximate surface area is 138 Å². The molecule has 2 aromatic rings. The van der Waals surface area contributed by atoms with Crippen molar-refractivity contribution in [1.82, 2.24) is 0 Å². The third-order valence-corrected chi connectivity index (χ3v) is 6.35. The Kier molecular flexibility index (Phi) is 4.06. The standard InChI is InChI=1S/C16H14ClF2NO2S/c1-10-2-3-11-8-12(18)4-6-15(11)20(10)23(21,22)16-7-5-13(19)9-14(16)17/h4-10H,2-3H2,1H3. The van der Waals surface area contributed by atoms with Crippen LogP contribution in [0, 0.1) is 11.6 Å². The van der Waals surface area contributed by atoms with E-state index in [1.165, 1.54) is 22.5 Å². The Morgan fingerprint density at radius 2 is 1.78 bits per heavy atom. The van der Waals surface area contributed by atoms with Crippen molar-refractivity contribution < 1.29 is 17.2 Å². The van der Waals surface area contributed by atoms with Crippen LogP contribution in [0.4, 0.5) is 14.5 Å². The predicted octanol–water partition coefficient (Wildman–Crippen LogP) is 4.15. The summed E-state index contributed by atoms with van der Waals surface area (Å²) in [5.74, 6) is -1.02. The first-order chi connectivity index (χ1) is 10.8. The van der Waals surface area contributed by atoms with E-state index in [4.69, 9.17) is 11.6 Å². The average Bonchev–Trinajstić information content (AvgIpc) is 2.46. The molecule has 1 aliphatic rings. The Hall–Kier alpha value is -1.66. The summed E-state index contributed by atoms with van der Waals surface area (Å²) in [6.07, 6.45) is 1.16. The molecule has 7 heteroatoms. The lowest BCUT2D eigenvalue weighted by atomic mass is 9.99. The van der Waals surface area contributed by atoms with Crippen LogP contribution in [0.3, 0.4) is 0 Å². The van der Waals surface area contributed by atoms with Gasteiger partial charge < -0.3 is 0 Å². The molecule has 0 saturated heterocycles. The van der Waals surface area contributed by atoms with Crippen molar-refractivity contribution in [3.63, 3.8) is 0 Å². The molecule has 1 heterocycles. The number of aryl methyl sites for hydroxylation is 1. The quantitative estimate of drug-likeness (QED) is 0.809. The zero-order valence-electron chi connectivity index (χ0n) is 12.3. The van der Waals surface area contributed by atoms with E-state index < -0.39 is 21.7 Å². The molecule has 1 atom stereocenters. The molecule has 0 radical (unpaired) electrons. The molecular weight excluding hydrogens is 344 g/mol. The second-order valence-corrected chi connectivity index (χ2v) is 7.73. The van der Waals surface area contributed by atoms with E-state index >= 15 is 0 Å². The summed E-state index contributed by atoms with van der Waals surface area (Å²) >= 11 is 5.93. The fourth-order valence-electron chi connectivity index (χ4n) is 2.85. The van der Waals surface area contributed by atoms with E-state index in [1.807, 2.05) is 0 Å². The Bertz CT molecular complexity index is 870. The fraction of sp³-hybridized carbons (Fsp3) is 0.250. The van der Waals surface area contributed by atoms with Gasteiger partial charge in [0, 0.05) is 6.04 Å². The molecule has 1 aliphatic heterocycles. The van der Waals surface area contributed by atoms with Crippen molar-refractivity contribution in [3.05, 3.63) is 58.6 Å². The topological polar surface area (TPSA) is 37.4 Å². The zero-order valence-corrected chi connectivity index (χ0v) is 13.8. The van der Waals surface area contributed by atoms with Crippen LogP contribution < -0.4 is 4.31 Å². The van der Waals surface area contributed by atoms with Gasteiger partial charge in [-0.1, -0.05) is 11.6 Å². The van der Waals surface area contributed by atoms with Gasteiger partial charge in [0.15, 0.2) is 0 Å². The van der Waals surface area contributed by atoms with E-state index in [9.17, 15) is 17.2 Å². The maximum absolute atomic E-state index is 13.4. The van der Waals surface area contributed by atoms with Gasteiger partial charge in [0.1, 0.15) is 16.5 Å². The van der Waals surface area contributed by atoms with Crippen molar-refractivity contribution >= 4 is 27.3 Å². The fourth-order valence-corrected chi connectivity index (χ4v) is 5.08. The third kappa shape index (κ3) is 2.81. The van der Waals surface area contributed by atoms with Crippen LogP contribution in [0.5, 0.6) is 0 Å². The maximum Gasteiger partial charge on any atom is 0.266 e. The van der Waals surface area contributed by atoms with Crippen LogP contribution in [0.15, 0.2) is 41.3 Å². The minimum atomic E-state index is -3.97. The van der Waals surface area contributed by atoms with Crippen LogP contribution in [-0.4, -0.2) is 14.5 Å². The number of hydrogen-bond donors (Lipinski definition) is 0. The van der Waals surface area contributed by atoms with E-state index in [0.717, 1.165) is 18.2 Å². The van der Waals surface area contributed by atoms with Crippen LogP contribution in [0.1, 0.15) is 18.9 Å². The van der Waals surface area contributed by atoms with Gasteiger partial charge in [0.2, 0.25) is 0 Å². The first-order valence-corrected chi connectivity index (χ1v) is 8.90. The monoisotopic (exact) mass is 357 g/mol. The highest BCUT2D eigenvalue weighted by molar-refractivity contribution is 7.93.